The maximum atomic E-state index is 10.3. The third kappa shape index (κ3) is 3.04. The van der Waals surface area contributed by atoms with Gasteiger partial charge in [-0.1, -0.05) is 30.3 Å². The van der Waals surface area contributed by atoms with E-state index >= 15 is 0 Å². The summed E-state index contributed by atoms with van der Waals surface area (Å²) >= 11 is 0. The second-order valence-electron chi connectivity index (χ2n) is 6.86. The molecule has 3 heterocycles. The molecule has 1 aliphatic heterocycles. The molecule has 1 aliphatic rings. The van der Waals surface area contributed by atoms with Crippen LogP contribution in [-0.2, 0) is 6.54 Å². The molecule has 0 radical (unpaired) electrons. The highest BCUT2D eigenvalue weighted by Crippen LogP contribution is 2.26. The zero-order chi connectivity index (χ0) is 17.4. The lowest BCUT2D eigenvalue weighted by Crippen LogP contribution is -2.37. The van der Waals surface area contributed by atoms with Crippen molar-refractivity contribution in [3.63, 3.8) is 0 Å². The number of likely N-dealkylation sites (N-methyl/N-ethyl adjacent to an activating group) is 1. The van der Waals surface area contributed by atoms with E-state index in [2.05, 4.69) is 31.3 Å². The Hall–Kier alpha value is -2.28. The largest absolute Gasteiger partial charge is 0.390 e. The van der Waals surface area contributed by atoms with Crippen molar-refractivity contribution in [3.8, 4) is 11.3 Å². The van der Waals surface area contributed by atoms with Crippen molar-refractivity contribution in [1.29, 1.82) is 0 Å². The number of hydrogen-bond acceptors (Lipinski definition) is 5. The number of imidazole rings is 1. The van der Waals surface area contributed by atoms with Crippen LogP contribution in [0.25, 0.3) is 17.0 Å². The molecule has 0 saturated carbocycles. The SMILES string of the molecule is CN(C)[C@@H]1CN(Cc2c(-c3ccccc3)nc3ncccn23)C[C@H]1O. The Balaban J connectivity index is 1.71. The molecule has 3 aromatic rings. The monoisotopic (exact) mass is 337 g/mol. The van der Waals surface area contributed by atoms with Crippen LogP contribution in [0.5, 0.6) is 0 Å². The molecule has 1 saturated heterocycles. The highest BCUT2D eigenvalue weighted by molar-refractivity contribution is 5.65. The standard InChI is InChI=1S/C19H23N5O/c1-22(2)15-11-23(13-17(15)25)12-16-18(14-7-4-3-5-8-14)21-19-20-9-6-10-24(16)19/h3-10,15,17,25H,11-13H2,1-2H3/t15-,17-/m1/s1. The number of hydrogen-bond donors (Lipinski definition) is 1. The molecule has 2 aromatic heterocycles. The average molecular weight is 337 g/mol. The van der Waals surface area contributed by atoms with E-state index in [4.69, 9.17) is 4.98 Å². The van der Waals surface area contributed by atoms with E-state index in [0.29, 0.717) is 12.3 Å². The minimum Gasteiger partial charge on any atom is -0.390 e. The first-order chi connectivity index (χ1) is 12.1. The molecule has 1 aromatic carbocycles. The first-order valence-electron chi connectivity index (χ1n) is 8.57. The van der Waals surface area contributed by atoms with Crippen molar-refractivity contribution >= 4 is 5.78 Å². The van der Waals surface area contributed by atoms with Gasteiger partial charge < -0.3 is 10.0 Å². The van der Waals surface area contributed by atoms with Gasteiger partial charge in [-0.15, -0.1) is 0 Å². The van der Waals surface area contributed by atoms with Crippen molar-refractivity contribution in [3.05, 3.63) is 54.5 Å². The van der Waals surface area contributed by atoms with Crippen molar-refractivity contribution in [2.45, 2.75) is 18.7 Å². The van der Waals surface area contributed by atoms with Gasteiger partial charge in [0.2, 0.25) is 5.78 Å². The maximum absolute atomic E-state index is 10.3. The first-order valence-corrected chi connectivity index (χ1v) is 8.57. The predicted molar refractivity (Wildman–Crippen MR) is 97.2 cm³/mol. The van der Waals surface area contributed by atoms with Gasteiger partial charge in [-0.3, -0.25) is 9.30 Å². The van der Waals surface area contributed by atoms with Gasteiger partial charge in [-0.25, -0.2) is 9.97 Å². The number of aliphatic hydroxyl groups is 1. The molecule has 1 N–H and O–H groups in total. The summed E-state index contributed by atoms with van der Waals surface area (Å²) in [4.78, 5) is 13.5. The normalized spacial score (nSPS) is 21.4. The van der Waals surface area contributed by atoms with Gasteiger partial charge in [0.1, 0.15) is 0 Å². The topological polar surface area (TPSA) is 56.9 Å². The average Bonchev–Trinajstić information content (AvgIpc) is 3.17. The zero-order valence-electron chi connectivity index (χ0n) is 14.6. The Labute approximate surface area is 147 Å². The van der Waals surface area contributed by atoms with Gasteiger partial charge in [-0.2, -0.15) is 0 Å². The van der Waals surface area contributed by atoms with E-state index in [-0.39, 0.29) is 12.1 Å². The molecule has 25 heavy (non-hydrogen) atoms. The van der Waals surface area contributed by atoms with Crippen molar-refractivity contribution < 1.29 is 5.11 Å². The van der Waals surface area contributed by atoms with E-state index in [9.17, 15) is 5.11 Å². The molecular formula is C19H23N5O. The third-order valence-corrected chi connectivity index (χ3v) is 4.92. The van der Waals surface area contributed by atoms with Crippen molar-refractivity contribution in [2.75, 3.05) is 27.2 Å². The number of likely N-dealkylation sites (tertiary alicyclic amines) is 1. The highest BCUT2D eigenvalue weighted by atomic mass is 16.3. The summed E-state index contributed by atoms with van der Waals surface area (Å²) in [5.41, 5.74) is 3.16. The predicted octanol–water partition coefficient (Wildman–Crippen LogP) is 1.50. The molecule has 2 atom stereocenters. The number of benzene rings is 1. The van der Waals surface area contributed by atoms with Crippen LogP contribution < -0.4 is 0 Å². The molecule has 6 heteroatoms. The maximum Gasteiger partial charge on any atom is 0.234 e. The molecule has 130 valence electrons. The minimum atomic E-state index is -0.326. The van der Waals surface area contributed by atoms with Crippen LogP contribution in [0.4, 0.5) is 0 Å². The van der Waals surface area contributed by atoms with E-state index < -0.39 is 0 Å². The van der Waals surface area contributed by atoms with Gasteiger partial charge in [0.25, 0.3) is 0 Å². The lowest BCUT2D eigenvalue weighted by atomic mass is 10.1. The smallest absolute Gasteiger partial charge is 0.234 e. The fraction of sp³-hybridized carbons (Fsp3) is 0.368. The summed E-state index contributed by atoms with van der Waals surface area (Å²) in [5.74, 6) is 0.709. The summed E-state index contributed by atoms with van der Waals surface area (Å²) in [7, 11) is 4.04. The molecule has 0 unspecified atom stereocenters. The molecular weight excluding hydrogens is 314 g/mol. The lowest BCUT2D eigenvalue weighted by Gasteiger charge is -2.21. The van der Waals surface area contributed by atoms with Crippen LogP contribution in [-0.4, -0.2) is 68.6 Å². The van der Waals surface area contributed by atoms with E-state index in [0.717, 1.165) is 30.0 Å². The van der Waals surface area contributed by atoms with Gasteiger partial charge in [-0.05, 0) is 20.2 Å². The Bertz CT molecular complexity index is 861. The molecule has 0 amide bonds. The van der Waals surface area contributed by atoms with Crippen LogP contribution in [0.15, 0.2) is 48.8 Å². The summed E-state index contributed by atoms with van der Waals surface area (Å²) in [6.07, 6.45) is 3.45. The fourth-order valence-corrected chi connectivity index (χ4v) is 3.61. The van der Waals surface area contributed by atoms with Gasteiger partial charge in [0.05, 0.1) is 17.5 Å². The molecule has 1 fully saturated rings. The Morgan fingerprint density at radius 1 is 1.16 bits per heavy atom. The van der Waals surface area contributed by atoms with E-state index in [1.807, 2.05) is 44.6 Å². The van der Waals surface area contributed by atoms with Crippen LogP contribution >= 0.6 is 0 Å². The Morgan fingerprint density at radius 2 is 1.96 bits per heavy atom. The first kappa shape index (κ1) is 16.2. The van der Waals surface area contributed by atoms with Gasteiger partial charge in [0.15, 0.2) is 0 Å². The number of rotatable bonds is 4. The molecule has 0 aliphatic carbocycles. The summed E-state index contributed by atoms with van der Waals surface area (Å²) in [5, 5.41) is 10.3. The van der Waals surface area contributed by atoms with Gasteiger partial charge in [0, 0.05) is 43.6 Å². The van der Waals surface area contributed by atoms with Crippen molar-refractivity contribution in [1.82, 2.24) is 24.2 Å². The molecule has 4 rings (SSSR count). The Morgan fingerprint density at radius 3 is 2.68 bits per heavy atom. The van der Waals surface area contributed by atoms with Crippen LogP contribution in [0.1, 0.15) is 5.69 Å². The van der Waals surface area contributed by atoms with Crippen molar-refractivity contribution in [2.24, 2.45) is 0 Å². The number of β-amino-alcohol motifs (C(OH)–C–C–N with tert-alkyl or cyclic N) is 1. The summed E-state index contributed by atoms with van der Waals surface area (Å²) in [6.45, 7) is 2.25. The van der Waals surface area contributed by atoms with Crippen LogP contribution in [0, 0.1) is 0 Å². The zero-order valence-corrected chi connectivity index (χ0v) is 14.6. The second-order valence-corrected chi connectivity index (χ2v) is 6.86. The number of aromatic nitrogens is 3. The quantitative estimate of drug-likeness (QED) is 0.782. The van der Waals surface area contributed by atoms with Gasteiger partial charge >= 0.3 is 0 Å². The Kier molecular flexibility index (Phi) is 4.25. The number of aliphatic hydroxyl groups excluding tert-OH is 1. The fourth-order valence-electron chi connectivity index (χ4n) is 3.61. The lowest BCUT2D eigenvalue weighted by molar-refractivity contribution is 0.112. The third-order valence-electron chi connectivity index (χ3n) is 4.92. The van der Waals surface area contributed by atoms with E-state index in [1.54, 1.807) is 6.20 Å². The summed E-state index contributed by atoms with van der Waals surface area (Å²) in [6, 6.07) is 12.3. The highest BCUT2D eigenvalue weighted by Gasteiger charge is 2.33. The molecule has 0 spiro atoms. The minimum absolute atomic E-state index is 0.164. The van der Waals surface area contributed by atoms with Crippen LogP contribution in [0.3, 0.4) is 0 Å². The molecule has 0 bridgehead atoms. The van der Waals surface area contributed by atoms with E-state index in [1.165, 1.54) is 0 Å². The molecule has 6 nitrogen and oxygen atoms in total. The number of fused-ring (bicyclic) bond motifs is 1. The summed E-state index contributed by atoms with van der Waals surface area (Å²) < 4.78 is 2.05. The second kappa shape index (κ2) is 6.55. The van der Waals surface area contributed by atoms with Crippen LogP contribution in [0.2, 0.25) is 0 Å². The number of nitrogens with zero attached hydrogens (tertiary/aromatic N) is 5.